The fraction of sp³-hybridized carbons (Fsp3) is 0.368. The van der Waals surface area contributed by atoms with Gasteiger partial charge in [0.1, 0.15) is 0 Å². The molecular weight excluding hydrogens is 438 g/mol. The first kappa shape index (κ1) is 21.9. The number of hydrogen-bond acceptors (Lipinski definition) is 7. The van der Waals surface area contributed by atoms with Gasteiger partial charge in [0.2, 0.25) is 15.8 Å². The summed E-state index contributed by atoms with van der Waals surface area (Å²) in [7, 11) is -3.79. The highest BCUT2D eigenvalue weighted by Gasteiger charge is 2.32. The van der Waals surface area contributed by atoms with E-state index in [1.165, 1.54) is 28.6 Å². The van der Waals surface area contributed by atoms with Crippen molar-refractivity contribution in [2.24, 2.45) is 0 Å². The highest BCUT2D eigenvalue weighted by molar-refractivity contribution is 7.89. The van der Waals surface area contributed by atoms with E-state index in [0.717, 1.165) is 11.3 Å². The fourth-order valence-electron chi connectivity index (χ4n) is 3.01. The first-order valence-electron chi connectivity index (χ1n) is 8.88. The number of thiophene rings is 1. The van der Waals surface area contributed by atoms with E-state index >= 15 is 0 Å². The minimum Gasteiger partial charge on any atom is -0.454 e. The summed E-state index contributed by atoms with van der Waals surface area (Å²) in [5.74, 6) is -1.16. The topological polar surface area (TPSA) is 90.0 Å². The number of Topliss-reactive ketones (excluding diaryl/α,β-unsaturated/α-hetero) is 1. The number of nitrogens with zero attached hydrogens (tertiary/aromatic N) is 1. The molecule has 0 saturated carbocycles. The Morgan fingerprint density at radius 3 is 2.52 bits per heavy atom. The van der Waals surface area contributed by atoms with Crippen LogP contribution in [0, 0.1) is 0 Å². The molecule has 29 heavy (non-hydrogen) atoms. The van der Waals surface area contributed by atoms with E-state index in [4.69, 9.17) is 21.1 Å². The molecule has 0 bridgehead atoms. The average molecular weight is 458 g/mol. The van der Waals surface area contributed by atoms with E-state index in [9.17, 15) is 18.0 Å². The van der Waals surface area contributed by atoms with Gasteiger partial charge in [0.25, 0.3) is 0 Å². The van der Waals surface area contributed by atoms with E-state index in [0.29, 0.717) is 9.21 Å². The third kappa shape index (κ3) is 5.23. The maximum Gasteiger partial charge on any atom is 0.338 e. The minimum atomic E-state index is -3.79. The van der Waals surface area contributed by atoms with Gasteiger partial charge in [0, 0.05) is 13.1 Å². The molecule has 3 rings (SSSR count). The molecule has 0 aliphatic carbocycles. The molecule has 7 nitrogen and oxygen atoms in total. The molecule has 0 spiro atoms. The van der Waals surface area contributed by atoms with Crippen LogP contribution in [-0.2, 0) is 19.5 Å². The van der Waals surface area contributed by atoms with Gasteiger partial charge < -0.3 is 9.47 Å². The Hall–Kier alpha value is -1.78. The summed E-state index contributed by atoms with van der Waals surface area (Å²) < 4.78 is 38.4. The Bertz CT molecular complexity index is 1010. The molecule has 156 valence electrons. The highest BCUT2D eigenvalue weighted by Crippen LogP contribution is 2.23. The fourth-order valence-corrected chi connectivity index (χ4v) is 5.61. The van der Waals surface area contributed by atoms with Crippen molar-refractivity contribution in [2.45, 2.75) is 31.0 Å². The third-order valence-electron chi connectivity index (χ3n) is 4.28. The molecule has 0 amide bonds. The molecule has 1 saturated heterocycles. The lowest BCUT2D eigenvalue weighted by Crippen LogP contribution is -2.48. The van der Waals surface area contributed by atoms with E-state index in [1.807, 2.05) is 13.8 Å². The molecule has 1 fully saturated rings. The second-order valence-corrected chi connectivity index (χ2v) is 10.4. The van der Waals surface area contributed by atoms with Crippen molar-refractivity contribution >= 4 is 44.7 Å². The van der Waals surface area contributed by atoms with Crippen molar-refractivity contribution < 1.29 is 27.5 Å². The van der Waals surface area contributed by atoms with E-state index in [2.05, 4.69) is 0 Å². The zero-order valence-corrected chi connectivity index (χ0v) is 18.2. The van der Waals surface area contributed by atoms with Crippen molar-refractivity contribution in [3.8, 4) is 0 Å². The van der Waals surface area contributed by atoms with Gasteiger partial charge in [0.15, 0.2) is 6.61 Å². The molecule has 10 heteroatoms. The Kier molecular flexibility index (Phi) is 6.75. The maximum atomic E-state index is 13.0. The van der Waals surface area contributed by atoms with Crippen LogP contribution in [0.15, 0.2) is 41.3 Å². The summed E-state index contributed by atoms with van der Waals surface area (Å²) in [6, 6.07) is 8.74. The number of ketones is 1. The van der Waals surface area contributed by atoms with Crippen molar-refractivity contribution in [3.05, 3.63) is 51.2 Å². The Morgan fingerprint density at radius 1 is 1.21 bits per heavy atom. The molecule has 2 heterocycles. The number of morpholine rings is 1. The minimum absolute atomic E-state index is 0.00962. The van der Waals surface area contributed by atoms with Crippen LogP contribution in [0.1, 0.15) is 33.9 Å². The molecule has 1 aromatic heterocycles. The normalized spacial score (nSPS) is 20.4. The number of ether oxygens (including phenoxy) is 2. The standard InChI is InChI=1S/C19H20ClNO6S2/c1-12-9-21(10-13(2)27-12)29(24,25)15-5-3-4-14(8-15)19(23)26-11-16(22)17-6-7-18(20)28-17/h3-8,12-13H,9-11H2,1-2H3. The Morgan fingerprint density at radius 2 is 1.90 bits per heavy atom. The maximum absolute atomic E-state index is 13.0. The number of rotatable bonds is 6. The van der Waals surface area contributed by atoms with Crippen LogP contribution >= 0.6 is 22.9 Å². The van der Waals surface area contributed by atoms with Crippen LogP contribution in [0.5, 0.6) is 0 Å². The summed E-state index contributed by atoms with van der Waals surface area (Å²) >= 11 is 6.89. The zero-order valence-electron chi connectivity index (χ0n) is 15.8. The van der Waals surface area contributed by atoms with Crippen LogP contribution < -0.4 is 0 Å². The molecule has 1 aliphatic rings. The summed E-state index contributed by atoms with van der Waals surface area (Å²) in [6.45, 7) is 3.64. The van der Waals surface area contributed by atoms with Gasteiger partial charge in [-0.05, 0) is 44.2 Å². The van der Waals surface area contributed by atoms with Gasteiger partial charge in [-0.15, -0.1) is 11.3 Å². The number of esters is 1. The Labute approximate surface area is 178 Å². The van der Waals surface area contributed by atoms with Crippen LogP contribution in [0.2, 0.25) is 4.34 Å². The van der Waals surface area contributed by atoms with Crippen LogP contribution in [0.3, 0.4) is 0 Å². The lowest BCUT2D eigenvalue weighted by molar-refractivity contribution is -0.0440. The third-order valence-corrected chi connectivity index (χ3v) is 7.38. The smallest absolute Gasteiger partial charge is 0.338 e. The van der Waals surface area contributed by atoms with Gasteiger partial charge in [-0.3, -0.25) is 4.79 Å². The molecule has 0 N–H and O–H groups in total. The van der Waals surface area contributed by atoms with Crippen molar-refractivity contribution in [1.29, 1.82) is 0 Å². The summed E-state index contributed by atoms with van der Waals surface area (Å²) in [4.78, 5) is 24.7. The van der Waals surface area contributed by atoms with Gasteiger partial charge >= 0.3 is 5.97 Å². The zero-order chi connectivity index (χ0) is 21.2. The summed E-state index contributed by atoms with van der Waals surface area (Å²) in [6.07, 6.45) is -0.447. The lowest BCUT2D eigenvalue weighted by atomic mass is 10.2. The van der Waals surface area contributed by atoms with Gasteiger partial charge in [-0.25, -0.2) is 13.2 Å². The SMILES string of the molecule is CC1CN(S(=O)(=O)c2cccc(C(=O)OCC(=O)c3ccc(Cl)s3)c2)CC(C)O1. The number of carbonyl (C=O) groups excluding carboxylic acids is 2. The van der Waals surface area contributed by atoms with Gasteiger partial charge in [-0.1, -0.05) is 17.7 Å². The van der Waals surface area contributed by atoms with E-state index in [1.54, 1.807) is 12.1 Å². The predicted molar refractivity (Wildman–Crippen MR) is 109 cm³/mol. The monoisotopic (exact) mass is 457 g/mol. The quantitative estimate of drug-likeness (QED) is 0.488. The molecule has 1 aromatic carbocycles. The first-order chi connectivity index (χ1) is 13.7. The Balaban J connectivity index is 1.71. The van der Waals surface area contributed by atoms with E-state index in [-0.39, 0.29) is 41.5 Å². The average Bonchev–Trinajstić information content (AvgIpc) is 3.11. The summed E-state index contributed by atoms with van der Waals surface area (Å²) in [5, 5.41) is 0. The van der Waals surface area contributed by atoms with Gasteiger partial charge in [-0.2, -0.15) is 4.31 Å². The lowest BCUT2D eigenvalue weighted by Gasteiger charge is -2.34. The van der Waals surface area contributed by atoms with E-state index < -0.39 is 22.6 Å². The molecule has 2 atom stereocenters. The molecule has 0 radical (unpaired) electrons. The highest BCUT2D eigenvalue weighted by atomic mass is 35.5. The van der Waals surface area contributed by atoms with Crippen molar-refractivity contribution in [1.82, 2.24) is 4.31 Å². The second kappa shape index (κ2) is 8.93. The van der Waals surface area contributed by atoms with Gasteiger partial charge in [0.05, 0.1) is 31.9 Å². The number of benzene rings is 1. The largest absolute Gasteiger partial charge is 0.454 e. The second-order valence-electron chi connectivity index (χ2n) is 6.71. The number of hydrogen-bond donors (Lipinski definition) is 0. The summed E-state index contributed by atoms with van der Waals surface area (Å²) in [5.41, 5.74) is 0.0532. The first-order valence-corrected chi connectivity index (χ1v) is 11.5. The van der Waals surface area contributed by atoms with Crippen molar-refractivity contribution in [2.75, 3.05) is 19.7 Å². The number of halogens is 1. The van der Waals surface area contributed by atoms with Crippen molar-refractivity contribution in [3.63, 3.8) is 0 Å². The van der Waals surface area contributed by atoms with Crippen LogP contribution in [0.4, 0.5) is 0 Å². The molecule has 2 unspecified atom stereocenters. The molecule has 1 aliphatic heterocycles. The predicted octanol–water partition coefficient (Wildman–Crippen LogP) is 3.24. The number of sulfonamides is 1. The van der Waals surface area contributed by atoms with Crippen LogP contribution in [-0.4, -0.2) is 56.4 Å². The van der Waals surface area contributed by atoms with Crippen LogP contribution in [0.25, 0.3) is 0 Å². The molecule has 2 aromatic rings. The molecular formula is C19H20ClNO6S2. The number of carbonyl (C=O) groups is 2.